The summed E-state index contributed by atoms with van der Waals surface area (Å²) in [5, 5.41) is 3.50. The number of aryl methyl sites for hydroxylation is 1. The number of amides is 1. The Morgan fingerprint density at radius 1 is 1.24 bits per heavy atom. The number of aromatic nitrogens is 1. The van der Waals surface area contributed by atoms with E-state index in [0.29, 0.717) is 41.9 Å². The molecule has 29 heavy (non-hydrogen) atoms. The minimum absolute atomic E-state index is 0.0789. The van der Waals surface area contributed by atoms with Crippen molar-refractivity contribution in [1.29, 1.82) is 0 Å². The number of thiazole rings is 1. The highest BCUT2D eigenvalue weighted by Gasteiger charge is 2.32. The van der Waals surface area contributed by atoms with Crippen molar-refractivity contribution < 1.29 is 13.2 Å². The molecule has 1 saturated heterocycles. The van der Waals surface area contributed by atoms with E-state index in [0.717, 1.165) is 15.5 Å². The van der Waals surface area contributed by atoms with Gasteiger partial charge in [-0.1, -0.05) is 37.3 Å². The number of hydrogen-bond acceptors (Lipinski definition) is 6. The van der Waals surface area contributed by atoms with E-state index < -0.39 is 10.0 Å². The summed E-state index contributed by atoms with van der Waals surface area (Å²) >= 11 is 3.08. The molecule has 158 valence electrons. The first-order chi connectivity index (χ1) is 13.7. The molecule has 1 N–H and O–H groups in total. The quantitative estimate of drug-likeness (QED) is 0.659. The van der Waals surface area contributed by atoms with E-state index in [1.807, 2.05) is 25.3 Å². The van der Waals surface area contributed by atoms with Gasteiger partial charge in [0.1, 0.15) is 0 Å². The number of hydrogen-bond donors (Lipinski definition) is 1. The first-order valence-electron chi connectivity index (χ1n) is 9.64. The van der Waals surface area contributed by atoms with Gasteiger partial charge in [-0.2, -0.15) is 4.31 Å². The number of thioether (sulfide) groups is 1. The SMILES string of the molecule is CSc1sc(NC(=O)C2CCN(S(=O)(=O)c3ccc(C(C)C)cc3)CC2)nc1C. The van der Waals surface area contributed by atoms with Crippen molar-refractivity contribution in [1.82, 2.24) is 9.29 Å². The molecule has 2 heterocycles. The molecule has 0 spiro atoms. The average Bonchev–Trinajstić information content (AvgIpc) is 3.07. The van der Waals surface area contributed by atoms with E-state index in [1.165, 1.54) is 15.6 Å². The minimum Gasteiger partial charge on any atom is -0.302 e. The Kier molecular flexibility index (Phi) is 7.03. The summed E-state index contributed by atoms with van der Waals surface area (Å²) < 4.78 is 28.4. The van der Waals surface area contributed by atoms with Crippen LogP contribution in [0.5, 0.6) is 0 Å². The van der Waals surface area contributed by atoms with Crippen LogP contribution in [0.3, 0.4) is 0 Å². The van der Waals surface area contributed by atoms with Crippen LogP contribution in [0, 0.1) is 12.8 Å². The van der Waals surface area contributed by atoms with E-state index in [9.17, 15) is 13.2 Å². The number of nitrogens with one attached hydrogen (secondary N) is 1. The van der Waals surface area contributed by atoms with Crippen molar-refractivity contribution >= 4 is 44.2 Å². The number of rotatable bonds is 6. The van der Waals surface area contributed by atoms with Crippen LogP contribution in [-0.2, 0) is 14.8 Å². The van der Waals surface area contributed by atoms with Crippen LogP contribution in [0.2, 0.25) is 0 Å². The Hall–Kier alpha value is -1.42. The summed E-state index contributed by atoms with van der Waals surface area (Å²) in [4.78, 5) is 17.3. The lowest BCUT2D eigenvalue weighted by Gasteiger charge is -2.30. The summed E-state index contributed by atoms with van der Waals surface area (Å²) in [6.45, 7) is 6.77. The number of anilines is 1. The third-order valence-corrected chi connectivity index (χ3v) is 9.38. The number of benzene rings is 1. The molecule has 3 rings (SSSR count). The molecule has 0 unspecified atom stereocenters. The van der Waals surface area contributed by atoms with E-state index in [1.54, 1.807) is 23.9 Å². The Morgan fingerprint density at radius 2 is 1.86 bits per heavy atom. The van der Waals surface area contributed by atoms with Gasteiger partial charge in [0.25, 0.3) is 0 Å². The molecule has 1 aromatic heterocycles. The monoisotopic (exact) mass is 453 g/mol. The highest BCUT2D eigenvalue weighted by atomic mass is 32.2. The number of carbonyl (C=O) groups excluding carboxylic acids is 1. The minimum atomic E-state index is -3.53. The van der Waals surface area contributed by atoms with Gasteiger partial charge in [0.2, 0.25) is 15.9 Å². The first kappa shape index (κ1) is 22.3. The zero-order valence-corrected chi connectivity index (χ0v) is 19.6. The normalized spacial score (nSPS) is 16.3. The van der Waals surface area contributed by atoms with Gasteiger partial charge in [0.15, 0.2) is 5.13 Å². The fourth-order valence-corrected chi connectivity index (χ4v) is 6.45. The lowest BCUT2D eigenvalue weighted by Crippen LogP contribution is -2.41. The number of nitrogens with zero attached hydrogens (tertiary/aromatic N) is 2. The number of sulfonamides is 1. The molecule has 0 radical (unpaired) electrons. The Morgan fingerprint density at radius 3 is 2.38 bits per heavy atom. The molecule has 0 atom stereocenters. The van der Waals surface area contributed by atoms with Gasteiger partial charge in [-0.25, -0.2) is 13.4 Å². The zero-order chi connectivity index (χ0) is 21.2. The highest BCUT2D eigenvalue weighted by Crippen LogP contribution is 2.31. The molecule has 1 aromatic carbocycles. The zero-order valence-electron chi connectivity index (χ0n) is 17.1. The molecule has 0 bridgehead atoms. The predicted octanol–water partition coefficient (Wildman–Crippen LogP) is 4.34. The summed E-state index contributed by atoms with van der Waals surface area (Å²) in [6.07, 6.45) is 3.00. The maximum Gasteiger partial charge on any atom is 0.243 e. The second kappa shape index (κ2) is 9.16. The Balaban J connectivity index is 1.60. The molecule has 1 amide bonds. The molecular formula is C20H27N3O3S3. The predicted molar refractivity (Wildman–Crippen MR) is 119 cm³/mol. The van der Waals surface area contributed by atoms with Crippen LogP contribution in [0.15, 0.2) is 33.4 Å². The fourth-order valence-electron chi connectivity index (χ4n) is 3.36. The van der Waals surface area contributed by atoms with Crippen molar-refractivity contribution in [2.24, 2.45) is 5.92 Å². The smallest absolute Gasteiger partial charge is 0.243 e. The molecule has 1 aliphatic rings. The molecule has 0 aliphatic carbocycles. The lowest BCUT2D eigenvalue weighted by molar-refractivity contribution is -0.120. The fraction of sp³-hybridized carbons (Fsp3) is 0.500. The Bertz CT molecular complexity index is 961. The maximum atomic E-state index is 12.9. The summed E-state index contributed by atoms with van der Waals surface area (Å²) in [5.41, 5.74) is 2.03. The molecule has 0 saturated carbocycles. The van der Waals surface area contributed by atoms with Gasteiger partial charge < -0.3 is 5.32 Å². The largest absolute Gasteiger partial charge is 0.302 e. The molecule has 2 aromatic rings. The molecule has 9 heteroatoms. The van der Waals surface area contributed by atoms with E-state index in [2.05, 4.69) is 24.1 Å². The van der Waals surface area contributed by atoms with Gasteiger partial charge >= 0.3 is 0 Å². The number of piperidine rings is 1. The summed E-state index contributed by atoms with van der Waals surface area (Å²) in [5.74, 6) is 0.0751. The van der Waals surface area contributed by atoms with E-state index >= 15 is 0 Å². The van der Waals surface area contributed by atoms with Gasteiger partial charge in [0.05, 0.1) is 14.8 Å². The topological polar surface area (TPSA) is 79.4 Å². The average molecular weight is 454 g/mol. The third-order valence-electron chi connectivity index (χ3n) is 5.18. The molecule has 1 fully saturated rings. The second-order valence-electron chi connectivity index (χ2n) is 7.49. The molecule has 1 aliphatic heterocycles. The van der Waals surface area contributed by atoms with Crippen molar-refractivity contribution in [3.05, 3.63) is 35.5 Å². The van der Waals surface area contributed by atoms with Gasteiger partial charge in [-0.15, -0.1) is 11.8 Å². The first-order valence-corrected chi connectivity index (χ1v) is 13.1. The van der Waals surface area contributed by atoms with Crippen LogP contribution in [-0.4, -0.2) is 43.0 Å². The van der Waals surface area contributed by atoms with E-state index in [4.69, 9.17) is 0 Å². The van der Waals surface area contributed by atoms with Crippen LogP contribution in [0.4, 0.5) is 5.13 Å². The summed E-state index contributed by atoms with van der Waals surface area (Å²) in [6, 6.07) is 7.10. The Labute approximate surface area is 181 Å². The third kappa shape index (κ3) is 5.02. The maximum absolute atomic E-state index is 12.9. The van der Waals surface area contributed by atoms with Crippen LogP contribution >= 0.6 is 23.1 Å². The van der Waals surface area contributed by atoms with Gasteiger partial charge in [-0.05, 0) is 49.6 Å². The van der Waals surface area contributed by atoms with Gasteiger partial charge in [0, 0.05) is 19.0 Å². The second-order valence-corrected chi connectivity index (χ2v) is 11.5. The van der Waals surface area contributed by atoms with Crippen LogP contribution < -0.4 is 5.32 Å². The van der Waals surface area contributed by atoms with E-state index in [-0.39, 0.29) is 11.8 Å². The standard InChI is InChI=1S/C20H27N3O3S3/c1-13(2)15-5-7-17(8-6-15)29(25,26)23-11-9-16(10-12-23)18(24)22-20-21-14(3)19(27-4)28-20/h5-8,13,16H,9-12H2,1-4H3,(H,21,22,24). The van der Waals surface area contributed by atoms with Gasteiger partial charge in [-0.3, -0.25) is 4.79 Å². The highest BCUT2D eigenvalue weighted by molar-refractivity contribution is 8.00. The van der Waals surface area contributed by atoms with Crippen molar-refractivity contribution in [2.75, 3.05) is 24.7 Å². The number of carbonyl (C=O) groups is 1. The summed E-state index contributed by atoms with van der Waals surface area (Å²) in [7, 11) is -3.53. The van der Waals surface area contributed by atoms with Crippen molar-refractivity contribution in [2.45, 2.75) is 48.6 Å². The lowest BCUT2D eigenvalue weighted by atomic mass is 9.97. The van der Waals surface area contributed by atoms with Crippen LogP contribution in [0.25, 0.3) is 0 Å². The molecule has 6 nitrogen and oxygen atoms in total. The van der Waals surface area contributed by atoms with Crippen LogP contribution in [0.1, 0.15) is 43.9 Å². The van der Waals surface area contributed by atoms with Crippen molar-refractivity contribution in [3.8, 4) is 0 Å². The molecular weight excluding hydrogens is 426 g/mol. The van der Waals surface area contributed by atoms with Crippen molar-refractivity contribution in [3.63, 3.8) is 0 Å².